The van der Waals surface area contributed by atoms with Crippen LogP contribution in [0.1, 0.15) is 25.0 Å². The Balaban J connectivity index is 1.63. The lowest BCUT2D eigenvalue weighted by atomic mass is 10.1. The van der Waals surface area contributed by atoms with Crippen molar-refractivity contribution < 1.29 is 9.21 Å². The van der Waals surface area contributed by atoms with Crippen molar-refractivity contribution in [3.63, 3.8) is 0 Å². The molecule has 2 aromatic carbocycles. The molecule has 6 heteroatoms. The number of benzene rings is 2. The molecule has 1 amide bonds. The fourth-order valence-corrected chi connectivity index (χ4v) is 3.13. The highest BCUT2D eigenvalue weighted by Gasteiger charge is 2.19. The summed E-state index contributed by atoms with van der Waals surface area (Å²) in [4.78, 5) is 12.4. The van der Waals surface area contributed by atoms with E-state index in [1.54, 1.807) is 0 Å². The maximum absolute atomic E-state index is 12.4. The molecule has 0 aliphatic carbocycles. The van der Waals surface area contributed by atoms with Gasteiger partial charge in [-0.25, -0.2) is 0 Å². The minimum Gasteiger partial charge on any atom is -0.411 e. The number of anilines is 1. The minimum atomic E-state index is -0.356. The van der Waals surface area contributed by atoms with Gasteiger partial charge in [0.15, 0.2) is 0 Å². The van der Waals surface area contributed by atoms with Crippen LogP contribution in [-0.4, -0.2) is 21.4 Å². The van der Waals surface area contributed by atoms with E-state index in [1.165, 1.54) is 17.3 Å². The molecule has 1 atom stereocenters. The molecule has 0 aliphatic heterocycles. The number of thioether (sulfide) groups is 1. The Labute approximate surface area is 157 Å². The maximum Gasteiger partial charge on any atom is 0.277 e. The van der Waals surface area contributed by atoms with Crippen LogP contribution in [0.2, 0.25) is 0 Å². The van der Waals surface area contributed by atoms with Crippen LogP contribution in [-0.2, 0) is 11.2 Å². The topological polar surface area (TPSA) is 68.0 Å². The highest BCUT2D eigenvalue weighted by molar-refractivity contribution is 8.00. The van der Waals surface area contributed by atoms with E-state index < -0.39 is 0 Å². The first-order chi connectivity index (χ1) is 12.6. The molecule has 134 valence electrons. The van der Waals surface area contributed by atoms with Gasteiger partial charge >= 0.3 is 0 Å². The van der Waals surface area contributed by atoms with E-state index >= 15 is 0 Å². The molecule has 3 aromatic rings. The molecule has 26 heavy (non-hydrogen) atoms. The predicted molar refractivity (Wildman–Crippen MR) is 104 cm³/mol. The monoisotopic (exact) mass is 367 g/mol. The molecule has 0 fully saturated rings. The first kappa shape index (κ1) is 18.2. The molecule has 0 spiro atoms. The lowest BCUT2D eigenvalue weighted by Gasteiger charge is -2.10. The maximum atomic E-state index is 12.4. The lowest BCUT2D eigenvalue weighted by molar-refractivity contribution is -0.115. The fourth-order valence-electron chi connectivity index (χ4n) is 2.45. The first-order valence-corrected chi connectivity index (χ1v) is 9.40. The van der Waals surface area contributed by atoms with Crippen LogP contribution in [0.15, 0.2) is 58.2 Å². The Bertz CT molecular complexity index is 890. The van der Waals surface area contributed by atoms with E-state index in [0.717, 1.165) is 23.2 Å². The second kappa shape index (κ2) is 8.19. The molecule has 1 aromatic heterocycles. The highest BCUT2D eigenvalue weighted by Crippen LogP contribution is 2.28. The third-order valence-electron chi connectivity index (χ3n) is 4.06. The van der Waals surface area contributed by atoms with Crippen molar-refractivity contribution in [2.75, 3.05) is 5.32 Å². The van der Waals surface area contributed by atoms with E-state index in [0.29, 0.717) is 11.1 Å². The van der Waals surface area contributed by atoms with Crippen molar-refractivity contribution >= 4 is 23.4 Å². The van der Waals surface area contributed by atoms with E-state index in [-0.39, 0.29) is 11.2 Å². The Kier molecular flexibility index (Phi) is 5.73. The Hall–Kier alpha value is -2.60. The van der Waals surface area contributed by atoms with Gasteiger partial charge < -0.3 is 9.73 Å². The number of nitrogens with one attached hydrogen (secondary N) is 1. The predicted octanol–water partition coefficient (Wildman–Crippen LogP) is 4.73. The summed E-state index contributed by atoms with van der Waals surface area (Å²) < 4.78 is 5.71. The standard InChI is InChI=1S/C20H21N3O2S/c1-4-15-9-11-16(12-10-15)21-18(24)14(3)26-20-23-22-19(25-20)17-8-6-5-7-13(17)2/h5-12,14H,4H2,1-3H3,(H,21,24)/t14-/m0/s1. The van der Waals surface area contributed by atoms with Gasteiger partial charge in [0.2, 0.25) is 11.8 Å². The van der Waals surface area contributed by atoms with Crippen molar-refractivity contribution in [1.29, 1.82) is 0 Å². The second-order valence-electron chi connectivity index (χ2n) is 5.99. The van der Waals surface area contributed by atoms with E-state index in [9.17, 15) is 4.79 Å². The van der Waals surface area contributed by atoms with Gasteiger partial charge in [-0.05, 0) is 49.6 Å². The van der Waals surface area contributed by atoms with Crippen LogP contribution >= 0.6 is 11.8 Å². The summed E-state index contributed by atoms with van der Waals surface area (Å²) in [6.45, 7) is 5.91. The van der Waals surface area contributed by atoms with Crippen LogP contribution in [0.3, 0.4) is 0 Å². The summed E-state index contributed by atoms with van der Waals surface area (Å²) in [5.74, 6) is 0.364. The first-order valence-electron chi connectivity index (χ1n) is 8.52. The Morgan fingerprint density at radius 2 is 1.88 bits per heavy atom. The quantitative estimate of drug-likeness (QED) is 0.638. The average Bonchev–Trinajstić information content (AvgIpc) is 3.11. The van der Waals surface area contributed by atoms with Crippen molar-refractivity contribution in [2.45, 2.75) is 37.7 Å². The summed E-state index contributed by atoms with van der Waals surface area (Å²) in [5.41, 5.74) is 3.99. The molecular formula is C20H21N3O2S. The zero-order valence-electron chi connectivity index (χ0n) is 15.0. The largest absolute Gasteiger partial charge is 0.411 e. The SMILES string of the molecule is CCc1ccc(NC(=O)[C@H](C)Sc2nnc(-c3ccccc3C)o2)cc1. The Morgan fingerprint density at radius 1 is 1.15 bits per heavy atom. The zero-order chi connectivity index (χ0) is 18.5. The number of hydrogen-bond acceptors (Lipinski definition) is 5. The van der Waals surface area contributed by atoms with E-state index in [2.05, 4.69) is 22.4 Å². The van der Waals surface area contributed by atoms with Crippen LogP contribution < -0.4 is 5.32 Å². The summed E-state index contributed by atoms with van der Waals surface area (Å²) in [7, 11) is 0. The van der Waals surface area contributed by atoms with Crippen LogP contribution in [0.4, 0.5) is 5.69 Å². The minimum absolute atomic E-state index is 0.102. The molecule has 0 radical (unpaired) electrons. The summed E-state index contributed by atoms with van der Waals surface area (Å²) in [5, 5.41) is 11.1. The molecule has 0 saturated heterocycles. The zero-order valence-corrected chi connectivity index (χ0v) is 15.8. The van der Waals surface area contributed by atoms with Crippen LogP contribution in [0, 0.1) is 6.92 Å². The van der Waals surface area contributed by atoms with Crippen molar-refractivity contribution in [3.8, 4) is 11.5 Å². The van der Waals surface area contributed by atoms with Crippen molar-refractivity contribution in [1.82, 2.24) is 10.2 Å². The van der Waals surface area contributed by atoms with Gasteiger partial charge in [-0.3, -0.25) is 4.79 Å². The third-order valence-corrected chi connectivity index (χ3v) is 4.99. The van der Waals surface area contributed by atoms with E-state index in [1.807, 2.05) is 62.4 Å². The van der Waals surface area contributed by atoms with Crippen molar-refractivity contribution in [3.05, 3.63) is 59.7 Å². The van der Waals surface area contributed by atoms with Gasteiger partial charge in [0.05, 0.1) is 5.25 Å². The lowest BCUT2D eigenvalue weighted by Crippen LogP contribution is -2.22. The number of amides is 1. The van der Waals surface area contributed by atoms with Gasteiger partial charge in [-0.15, -0.1) is 10.2 Å². The molecule has 5 nitrogen and oxygen atoms in total. The van der Waals surface area contributed by atoms with Crippen LogP contribution in [0.25, 0.3) is 11.5 Å². The number of aromatic nitrogens is 2. The van der Waals surface area contributed by atoms with E-state index in [4.69, 9.17) is 4.42 Å². The Morgan fingerprint density at radius 3 is 2.58 bits per heavy atom. The molecule has 1 N–H and O–H groups in total. The third kappa shape index (κ3) is 4.32. The number of carbonyl (C=O) groups is 1. The van der Waals surface area contributed by atoms with Crippen molar-refractivity contribution in [2.24, 2.45) is 0 Å². The fraction of sp³-hybridized carbons (Fsp3) is 0.250. The van der Waals surface area contributed by atoms with Crippen LogP contribution in [0.5, 0.6) is 0 Å². The average molecular weight is 367 g/mol. The molecular weight excluding hydrogens is 346 g/mol. The normalized spacial score (nSPS) is 12.0. The summed E-state index contributed by atoms with van der Waals surface area (Å²) in [6.07, 6.45) is 0.973. The number of hydrogen-bond donors (Lipinski definition) is 1. The van der Waals surface area contributed by atoms with Gasteiger partial charge in [-0.1, -0.05) is 49.0 Å². The number of rotatable bonds is 6. The molecule has 0 bridgehead atoms. The molecule has 3 rings (SSSR count). The van der Waals surface area contributed by atoms with Gasteiger partial charge in [-0.2, -0.15) is 0 Å². The van der Waals surface area contributed by atoms with Gasteiger partial charge in [0.25, 0.3) is 5.22 Å². The number of nitrogens with zero attached hydrogens (tertiary/aromatic N) is 2. The smallest absolute Gasteiger partial charge is 0.277 e. The molecule has 0 aliphatic rings. The molecule has 0 saturated carbocycles. The highest BCUT2D eigenvalue weighted by atomic mass is 32.2. The van der Waals surface area contributed by atoms with Gasteiger partial charge in [0, 0.05) is 11.3 Å². The second-order valence-corrected chi connectivity index (χ2v) is 7.28. The van der Waals surface area contributed by atoms with Gasteiger partial charge in [0.1, 0.15) is 0 Å². The number of aryl methyl sites for hydroxylation is 2. The summed E-state index contributed by atoms with van der Waals surface area (Å²) >= 11 is 1.25. The number of carbonyl (C=O) groups excluding carboxylic acids is 1. The molecule has 0 unspecified atom stereocenters. The molecule has 1 heterocycles. The summed E-state index contributed by atoms with van der Waals surface area (Å²) in [6, 6.07) is 15.7.